The molecule has 64 valence electrons. The maximum absolute atomic E-state index is 12.3. The molecule has 0 spiro atoms. The molecule has 0 saturated heterocycles. The van der Waals surface area contributed by atoms with E-state index in [4.69, 9.17) is 0 Å². The molecule has 0 aromatic carbocycles. The Hall–Kier alpha value is -1.45. The first-order chi connectivity index (χ1) is 5.72. The van der Waals surface area contributed by atoms with Gasteiger partial charge in [-0.25, -0.2) is 9.37 Å². The van der Waals surface area contributed by atoms with Crippen LogP contribution in [0.4, 0.5) is 10.2 Å². The zero-order valence-corrected chi connectivity index (χ0v) is 6.67. The summed E-state index contributed by atoms with van der Waals surface area (Å²) >= 11 is 0. The molecule has 0 radical (unpaired) electrons. The van der Waals surface area contributed by atoms with E-state index in [0.717, 1.165) is 6.20 Å². The predicted molar refractivity (Wildman–Crippen MR) is 43.1 cm³/mol. The molecule has 0 fully saturated rings. The number of halogens is 1. The summed E-state index contributed by atoms with van der Waals surface area (Å²) in [5.74, 6) is -0.165. The number of carbonyl (C=O) groups excluding carboxylic acids is 1. The molecular formula is C8H9FN2O. The summed E-state index contributed by atoms with van der Waals surface area (Å²) in [7, 11) is 0. The van der Waals surface area contributed by atoms with Gasteiger partial charge in [0.25, 0.3) is 0 Å². The summed E-state index contributed by atoms with van der Waals surface area (Å²) in [4.78, 5) is 14.5. The number of nitrogens with zero attached hydrogens (tertiary/aromatic N) is 1. The fraction of sp³-hybridized carbons (Fsp3) is 0.250. The molecule has 1 aromatic heterocycles. The lowest BCUT2D eigenvalue weighted by molar-refractivity contribution is -0.115. The number of rotatable bonds is 2. The molecule has 1 N–H and O–H groups in total. The second-order valence-corrected chi connectivity index (χ2v) is 2.26. The third-order valence-corrected chi connectivity index (χ3v) is 1.32. The van der Waals surface area contributed by atoms with Gasteiger partial charge in [-0.15, -0.1) is 0 Å². The minimum absolute atomic E-state index is 0.130. The van der Waals surface area contributed by atoms with Gasteiger partial charge in [0.2, 0.25) is 5.91 Å². The first kappa shape index (κ1) is 8.64. The first-order valence-electron chi connectivity index (χ1n) is 3.63. The van der Waals surface area contributed by atoms with E-state index in [-0.39, 0.29) is 5.91 Å². The van der Waals surface area contributed by atoms with Gasteiger partial charge < -0.3 is 5.32 Å². The van der Waals surface area contributed by atoms with Crippen molar-refractivity contribution in [2.24, 2.45) is 0 Å². The summed E-state index contributed by atoms with van der Waals surface area (Å²) < 4.78 is 12.3. The molecule has 1 amide bonds. The Kier molecular flexibility index (Phi) is 2.74. The maximum atomic E-state index is 12.3. The predicted octanol–water partition coefficient (Wildman–Crippen LogP) is 1.57. The van der Waals surface area contributed by atoms with Gasteiger partial charge in [-0.3, -0.25) is 4.79 Å². The summed E-state index contributed by atoms with van der Waals surface area (Å²) in [6, 6.07) is 2.67. The van der Waals surface area contributed by atoms with Gasteiger partial charge in [-0.2, -0.15) is 0 Å². The topological polar surface area (TPSA) is 42.0 Å². The van der Waals surface area contributed by atoms with Gasteiger partial charge >= 0.3 is 0 Å². The van der Waals surface area contributed by atoms with E-state index in [1.165, 1.54) is 12.1 Å². The Bertz CT molecular complexity index is 271. The Balaban J connectivity index is 2.64. The van der Waals surface area contributed by atoms with Crippen molar-refractivity contribution >= 4 is 11.7 Å². The molecule has 0 aliphatic rings. The summed E-state index contributed by atoms with van der Waals surface area (Å²) in [5.41, 5.74) is 0. The first-order valence-corrected chi connectivity index (χ1v) is 3.63. The Morgan fingerprint density at radius 3 is 2.92 bits per heavy atom. The van der Waals surface area contributed by atoms with Crippen LogP contribution in [-0.2, 0) is 4.79 Å². The van der Waals surface area contributed by atoms with Gasteiger partial charge in [0.05, 0.1) is 6.20 Å². The van der Waals surface area contributed by atoms with Crippen molar-refractivity contribution in [1.29, 1.82) is 0 Å². The highest BCUT2D eigenvalue weighted by Gasteiger charge is 1.98. The molecule has 3 nitrogen and oxygen atoms in total. The Labute approximate surface area is 69.6 Å². The molecule has 4 heteroatoms. The van der Waals surface area contributed by atoms with Crippen LogP contribution in [0.15, 0.2) is 18.3 Å². The van der Waals surface area contributed by atoms with E-state index in [0.29, 0.717) is 12.2 Å². The number of hydrogen-bond donors (Lipinski definition) is 1. The van der Waals surface area contributed by atoms with Crippen molar-refractivity contribution in [2.45, 2.75) is 13.3 Å². The SMILES string of the molecule is CCC(=O)Nc1ccc(F)cn1. The highest BCUT2D eigenvalue weighted by molar-refractivity contribution is 5.89. The van der Waals surface area contributed by atoms with Gasteiger partial charge in [0.15, 0.2) is 0 Å². The van der Waals surface area contributed by atoms with Crippen LogP contribution in [0.2, 0.25) is 0 Å². The minimum atomic E-state index is -0.413. The van der Waals surface area contributed by atoms with Crippen LogP contribution < -0.4 is 5.32 Å². The van der Waals surface area contributed by atoms with Gasteiger partial charge in [-0.05, 0) is 12.1 Å². The molecule has 0 aliphatic heterocycles. The molecule has 1 rings (SSSR count). The number of amides is 1. The van der Waals surface area contributed by atoms with Gasteiger partial charge in [0, 0.05) is 6.42 Å². The molecule has 0 atom stereocenters. The summed E-state index contributed by atoms with van der Waals surface area (Å²) in [6.45, 7) is 1.73. The van der Waals surface area contributed by atoms with Gasteiger partial charge in [-0.1, -0.05) is 6.92 Å². The summed E-state index contributed by atoms with van der Waals surface area (Å²) in [6.07, 6.45) is 1.45. The smallest absolute Gasteiger partial charge is 0.225 e. The molecule has 1 heterocycles. The quantitative estimate of drug-likeness (QED) is 0.728. The molecule has 1 aromatic rings. The number of carbonyl (C=O) groups is 1. The largest absolute Gasteiger partial charge is 0.311 e. The maximum Gasteiger partial charge on any atom is 0.225 e. The Morgan fingerprint density at radius 1 is 1.67 bits per heavy atom. The number of anilines is 1. The molecule has 0 aliphatic carbocycles. The van der Waals surface area contributed by atoms with E-state index < -0.39 is 5.82 Å². The highest BCUT2D eigenvalue weighted by atomic mass is 19.1. The average molecular weight is 168 g/mol. The van der Waals surface area contributed by atoms with Crippen molar-refractivity contribution in [3.63, 3.8) is 0 Å². The fourth-order valence-corrected chi connectivity index (χ4v) is 0.681. The average Bonchev–Trinajstić information content (AvgIpc) is 2.09. The van der Waals surface area contributed by atoms with Crippen LogP contribution in [0.1, 0.15) is 13.3 Å². The normalized spacial score (nSPS) is 9.50. The van der Waals surface area contributed by atoms with Crippen LogP contribution in [-0.4, -0.2) is 10.9 Å². The fourth-order valence-electron chi connectivity index (χ4n) is 0.681. The van der Waals surface area contributed by atoms with Crippen molar-refractivity contribution in [1.82, 2.24) is 4.98 Å². The number of aromatic nitrogens is 1. The van der Waals surface area contributed by atoms with Crippen molar-refractivity contribution in [3.8, 4) is 0 Å². The van der Waals surface area contributed by atoms with Crippen molar-refractivity contribution in [2.75, 3.05) is 5.32 Å². The van der Waals surface area contributed by atoms with E-state index in [1.807, 2.05) is 0 Å². The molecular weight excluding hydrogens is 159 g/mol. The minimum Gasteiger partial charge on any atom is -0.311 e. The van der Waals surface area contributed by atoms with Crippen LogP contribution in [0.5, 0.6) is 0 Å². The lowest BCUT2D eigenvalue weighted by Crippen LogP contribution is -2.10. The zero-order valence-electron chi connectivity index (χ0n) is 6.67. The molecule has 0 unspecified atom stereocenters. The number of pyridine rings is 1. The monoisotopic (exact) mass is 168 g/mol. The number of nitrogens with one attached hydrogen (secondary N) is 1. The molecule has 0 saturated carbocycles. The molecule has 0 bridgehead atoms. The van der Waals surface area contributed by atoms with Crippen LogP contribution >= 0.6 is 0 Å². The molecule has 12 heavy (non-hydrogen) atoms. The lowest BCUT2D eigenvalue weighted by Gasteiger charge is -2.00. The van der Waals surface area contributed by atoms with Gasteiger partial charge in [0.1, 0.15) is 11.6 Å². The van der Waals surface area contributed by atoms with Crippen molar-refractivity contribution < 1.29 is 9.18 Å². The van der Waals surface area contributed by atoms with Crippen molar-refractivity contribution in [3.05, 3.63) is 24.1 Å². The number of hydrogen-bond acceptors (Lipinski definition) is 2. The van der Waals surface area contributed by atoms with E-state index in [2.05, 4.69) is 10.3 Å². The second-order valence-electron chi connectivity index (χ2n) is 2.26. The third kappa shape index (κ3) is 2.30. The summed E-state index contributed by atoms with van der Waals surface area (Å²) in [5, 5.41) is 2.50. The standard InChI is InChI=1S/C8H9FN2O/c1-2-8(12)11-7-4-3-6(9)5-10-7/h3-5H,2H2,1H3,(H,10,11,12). The second kappa shape index (κ2) is 3.80. The lowest BCUT2D eigenvalue weighted by atomic mass is 10.4. The van der Waals surface area contributed by atoms with Crippen LogP contribution in [0.25, 0.3) is 0 Å². The van der Waals surface area contributed by atoms with E-state index in [1.54, 1.807) is 6.92 Å². The zero-order chi connectivity index (χ0) is 8.97. The van der Waals surface area contributed by atoms with Crippen LogP contribution in [0.3, 0.4) is 0 Å². The Morgan fingerprint density at radius 2 is 2.42 bits per heavy atom. The van der Waals surface area contributed by atoms with E-state index in [9.17, 15) is 9.18 Å². The van der Waals surface area contributed by atoms with Crippen LogP contribution in [0, 0.1) is 5.82 Å². The van der Waals surface area contributed by atoms with E-state index >= 15 is 0 Å². The highest BCUT2D eigenvalue weighted by Crippen LogP contribution is 2.03. The third-order valence-electron chi connectivity index (χ3n) is 1.32.